The quantitative estimate of drug-likeness (QED) is 0.795. The van der Waals surface area contributed by atoms with Crippen LogP contribution in [0.2, 0.25) is 0 Å². The average molecular weight is 238 g/mol. The highest BCUT2D eigenvalue weighted by Crippen LogP contribution is 2.32. The highest BCUT2D eigenvalue weighted by atomic mass is 19.4. The summed E-state index contributed by atoms with van der Waals surface area (Å²) in [7, 11) is 0. The number of likely N-dealkylation sites (tertiary alicyclic amines) is 1. The van der Waals surface area contributed by atoms with Gasteiger partial charge in [-0.05, 0) is 31.8 Å². The lowest BCUT2D eigenvalue weighted by Crippen LogP contribution is -2.36. The molecule has 1 N–H and O–H groups in total. The standard InChI is InChI=1S/C10H17F3N2O/c1-7-9-5-14-4-8(9)6-15(7)2-3-16-10(11,12)13/h7-9,14H,2-6H2,1H3. The van der Waals surface area contributed by atoms with Gasteiger partial charge < -0.3 is 5.32 Å². The summed E-state index contributed by atoms with van der Waals surface area (Å²) in [6, 6.07) is 0.358. The lowest BCUT2D eigenvalue weighted by molar-refractivity contribution is -0.325. The van der Waals surface area contributed by atoms with Crippen LogP contribution in [0.15, 0.2) is 0 Å². The highest BCUT2D eigenvalue weighted by Gasteiger charge is 2.41. The summed E-state index contributed by atoms with van der Waals surface area (Å²) in [5.41, 5.74) is 0. The third kappa shape index (κ3) is 2.67. The largest absolute Gasteiger partial charge is 0.522 e. The zero-order valence-electron chi connectivity index (χ0n) is 9.26. The van der Waals surface area contributed by atoms with Crippen molar-refractivity contribution >= 4 is 0 Å². The Kier molecular flexibility index (Phi) is 3.42. The number of halogens is 3. The first kappa shape index (κ1) is 12.1. The topological polar surface area (TPSA) is 24.5 Å². The van der Waals surface area contributed by atoms with Crippen LogP contribution in [0.1, 0.15) is 6.92 Å². The molecule has 0 bridgehead atoms. The molecule has 0 spiro atoms. The lowest BCUT2D eigenvalue weighted by atomic mass is 9.95. The summed E-state index contributed by atoms with van der Waals surface area (Å²) in [6.45, 7) is 5.06. The first-order valence-corrected chi connectivity index (χ1v) is 5.63. The molecule has 2 aliphatic heterocycles. The van der Waals surface area contributed by atoms with Crippen molar-refractivity contribution in [3.63, 3.8) is 0 Å². The van der Waals surface area contributed by atoms with Gasteiger partial charge in [0.2, 0.25) is 0 Å². The molecular weight excluding hydrogens is 221 g/mol. The molecule has 0 aliphatic carbocycles. The molecule has 3 nitrogen and oxygen atoms in total. The van der Waals surface area contributed by atoms with E-state index in [0.717, 1.165) is 19.6 Å². The van der Waals surface area contributed by atoms with Gasteiger partial charge in [-0.25, -0.2) is 0 Å². The van der Waals surface area contributed by atoms with Gasteiger partial charge in [0.15, 0.2) is 0 Å². The fourth-order valence-corrected chi connectivity index (χ4v) is 2.83. The predicted octanol–water partition coefficient (Wildman–Crippen LogP) is 1.06. The lowest BCUT2D eigenvalue weighted by Gasteiger charge is -2.24. The summed E-state index contributed by atoms with van der Waals surface area (Å²) in [5.74, 6) is 1.19. The van der Waals surface area contributed by atoms with E-state index in [4.69, 9.17) is 0 Å². The van der Waals surface area contributed by atoms with E-state index in [2.05, 4.69) is 21.9 Å². The highest BCUT2D eigenvalue weighted by molar-refractivity contribution is 4.96. The summed E-state index contributed by atoms with van der Waals surface area (Å²) in [5, 5.41) is 3.32. The van der Waals surface area contributed by atoms with Gasteiger partial charge in [-0.15, -0.1) is 13.2 Å². The van der Waals surface area contributed by atoms with Gasteiger partial charge in [-0.1, -0.05) is 0 Å². The van der Waals surface area contributed by atoms with Crippen molar-refractivity contribution < 1.29 is 17.9 Å². The molecule has 3 unspecified atom stereocenters. The number of ether oxygens (including phenoxy) is 1. The van der Waals surface area contributed by atoms with Gasteiger partial charge >= 0.3 is 6.36 Å². The summed E-state index contributed by atoms with van der Waals surface area (Å²) in [6.07, 6.45) is -4.50. The summed E-state index contributed by atoms with van der Waals surface area (Å²) >= 11 is 0. The second-order valence-corrected chi connectivity index (χ2v) is 4.61. The molecule has 2 rings (SSSR count). The average Bonchev–Trinajstić information content (AvgIpc) is 2.69. The van der Waals surface area contributed by atoms with E-state index in [0.29, 0.717) is 24.4 Å². The fraction of sp³-hybridized carbons (Fsp3) is 1.00. The second kappa shape index (κ2) is 4.50. The van der Waals surface area contributed by atoms with Crippen LogP contribution in [0.4, 0.5) is 13.2 Å². The molecule has 2 aliphatic rings. The van der Waals surface area contributed by atoms with E-state index in [1.54, 1.807) is 0 Å². The minimum atomic E-state index is -4.50. The zero-order chi connectivity index (χ0) is 11.8. The van der Waals surface area contributed by atoms with E-state index in [-0.39, 0.29) is 6.61 Å². The van der Waals surface area contributed by atoms with Gasteiger partial charge in [0.05, 0.1) is 6.61 Å². The van der Waals surface area contributed by atoms with Gasteiger partial charge in [0.25, 0.3) is 0 Å². The SMILES string of the molecule is CC1C2CNCC2CN1CCOC(F)(F)F. The number of hydrogen-bond donors (Lipinski definition) is 1. The Morgan fingerprint density at radius 2 is 2.12 bits per heavy atom. The van der Waals surface area contributed by atoms with Crippen LogP contribution in [0.5, 0.6) is 0 Å². The minimum Gasteiger partial charge on any atom is -0.316 e. The molecule has 0 saturated carbocycles. The number of alkyl halides is 3. The van der Waals surface area contributed by atoms with Crippen LogP contribution in [-0.4, -0.2) is 50.1 Å². The number of nitrogens with zero attached hydrogens (tertiary/aromatic N) is 1. The maximum atomic E-state index is 11.8. The molecule has 0 aromatic rings. The van der Waals surface area contributed by atoms with E-state index < -0.39 is 6.36 Å². The molecular formula is C10H17F3N2O. The smallest absolute Gasteiger partial charge is 0.316 e. The fourth-order valence-electron chi connectivity index (χ4n) is 2.83. The van der Waals surface area contributed by atoms with Crippen LogP contribution < -0.4 is 5.32 Å². The molecule has 3 atom stereocenters. The van der Waals surface area contributed by atoms with Crippen LogP contribution >= 0.6 is 0 Å². The van der Waals surface area contributed by atoms with Crippen molar-refractivity contribution in [1.82, 2.24) is 10.2 Å². The molecule has 16 heavy (non-hydrogen) atoms. The zero-order valence-corrected chi connectivity index (χ0v) is 9.26. The molecule has 94 valence electrons. The molecule has 2 heterocycles. The normalized spacial score (nSPS) is 35.6. The maximum absolute atomic E-state index is 11.8. The third-order valence-electron chi connectivity index (χ3n) is 3.70. The molecule has 0 radical (unpaired) electrons. The second-order valence-electron chi connectivity index (χ2n) is 4.61. The Hall–Kier alpha value is -0.330. The molecule has 2 saturated heterocycles. The number of nitrogens with one attached hydrogen (secondary N) is 1. The number of rotatable bonds is 3. The van der Waals surface area contributed by atoms with Crippen molar-refractivity contribution in [3.8, 4) is 0 Å². The van der Waals surface area contributed by atoms with Gasteiger partial charge in [-0.2, -0.15) is 0 Å². The van der Waals surface area contributed by atoms with E-state index >= 15 is 0 Å². The van der Waals surface area contributed by atoms with Gasteiger partial charge in [0, 0.05) is 19.1 Å². The molecule has 2 fully saturated rings. The van der Waals surface area contributed by atoms with Crippen molar-refractivity contribution in [2.45, 2.75) is 19.3 Å². The van der Waals surface area contributed by atoms with Crippen LogP contribution in [0.25, 0.3) is 0 Å². The predicted molar refractivity (Wildman–Crippen MR) is 52.9 cm³/mol. The number of hydrogen-bond acceptors (Lipinski definition) is 3. The van der Waals surface area contributed by atoms with Crippen LogP contribution in [0, 0.1) is 11.8 Å². The van der Waals surface area contributed by atoms with E-state index in [9.17, 15) is 13.2 Å². The third-order valence-corrected chi connectivity index (χ3v) is 3.70. The van der Waals surface area contributed by atoms with Crippen molar-refractivity contribution in [3.05, 3.63) is 0 Å². The Morgan fingerprint density at radius 1 is 1.38 bits per heavy atom. The molecule has 0 amide bonds. The monoisotopic (exact) mass is 238 g/mol. The first-order valence-electron chi connectivity index (χ1n) is 5.63. The maximum Gasteiger partial charge on any atom is 0.522 e. The van der Waals surface area contributed by atoms with Crippen molar-refractivity contribution in [2.75, 3.05) is 32.8 Å². The van der Waals surface area contributed by atoms with Crippen molar-refractivity contribution in [2.24, 2.45) is 11.8 Å². The van der Waals surface area contributed by atoms with E-state index in [1.807, 2.05) is 0 Å². The van der Waals surface area contributed by atoms with Gasteiger partial charge in [-0.3, -0.25) is 9.64 Å². The first-order chi connectivity index (χ1) is 7.47. The number of fused-ring (bicyclic) bond motifs is 1. The molecule has 0 aromatic heterocycles. The molecule has 6 heteroatoms. The van der Waals surface area contributed by atoms with Crippen molar-refractivity contribution in [1.29, 1.82) is 0 Å². The Labute approximate surface area is 92.9 Å². The summed E-state index contributed by atoms with van der Waals surface area (Å²) < 4.78 is 39.2. The van der Waals surface area contributed by atoms with Crippen LogP contribution in [-0.2, 0) is 4.74 Å². The van der Waals surface area contributed by atoms with Crippen LogP contribution in [0.3, 0.4) is 0 Å². The summed E-state index contributed by atoms with van der Waals surface area (Å²) in [4.78, 5) is 2.10. The molecule has 0 aromatic carbocycles. The minimum absolute atomic E-state index is 0.263. The Morgan fingerprint density at radius 3 is 2.75 bits per heavy atom. The van der Waals surface area contributed by atoms with E-state index in [1.165, 1.54) is 0 Å². The van der Waals surface area contributed by atoms with Gasteiger partial charge in [0.1, 0.15) is 0 Å². The Bertz CT molecular complexity index is 247. The Balaban J connectivity index is 1.75.